The minimum absolute atomic E-state index is 0.162. The van der Waals surface area contributed by atoms with Crippen molar-refractivity contribution in [2.75, 3.05) is 26.2 Å². The van der Waals surface area contributed by atoms with Gasteiger partial charge in [-0.25, -0.2) is 8.42 Å². The van der Waals surface area contributed by atoms with E-state index in [1.165, 1.54) is 21.3 Å². The zero-order valence-corrected chi connectivity index (χ0v) is 18.2. The summed E-state index contributed by atoms with van der Waals surface area (Å²) in [5.41, 5.74) is 0.951. The maximum absolute atomic E-state index is 13.0. The highest BCUT2D eigenvalue weighted by Crippen LogP contribution is 2.22. The van der Waals surface area contributed by atoms with Crippen LogP contribution in [0.15, 0.2) is 17.2 Å². The first-order valence-electron chi connectivity index (χ1n) is 9.59. The number of piperazine rings is 1. The van der Waals surface area contributed by atoms with E-state index in [4.69, 9.17) is 0 Å². The number of amides is 1. The van der Waals surface area contributed by atoms with Crippen molar-refractivity contribution < 1.29 is 18.1 Å². The SMILES string of the molecule is CCn1cc(S(=O)(=O)N2CCN(C(=O)C(C)n3nc([N+](=O)[O-])cc3C)CC2)c(C)n1. The molecule has 3 rings (SSSR count). The highest BCUT2D eigenvalue weighted by atomic mass is 32.2. The summed E-state index contributed by atoms with van der Waals surface area (Å²) in [5.74, 6) is -0.575. The summed E-state index contributed by atoms with van der Waals surface area (Å²) in [6.07, 6.45) is 1.53. The van der Waals surface area contributed by atoms with E-state index >= 15 is 0 Å². The van der Waals surface area contributed by atoms with E-state index in [-0.39, 0.29) is 42.8 Å². The lowest BCUT2D eigenvalue weighted by atomic mass is 10.2. The minimum Gasteiger partial charge on any atom is -0.358 e. The molecule has 1 atom stereocenters. The van der Waals surface area contributed by atoms with Crippen LogP contribution in [0.3, 0.4) is 0 Å². The van der Waals surface area contributed by atoms with Crippen molar-refractivity contribution in [3.05, 3.63) is 33.8 Å². The fraction of sp³-hybridized carbons (Fsp3) is 0.588. The van der Waals surface area contributed by atoms with Crippen molar-refractivity contribution in [1.82, 2.24) is 28.8 Å². The first-order valence-corrected chi connectivity index (χ1v) is 11.0. The molecule has 0 spiro atoms. The van der Waals surface area contributed by atoms with Gasteiger partial charge in [-0.15, -0.1) is 0 Å². The third-order valence-corrected chi connectivity index (χ3v) is 7.22. The number of aryl methyl sites for hydroxylation is 3. The Morgan fingerprint density at radius 3 is 2.37 bits per heavy atom. The van der Waals surface area contributed by atoms with Crippen LogP contribution in [0, 0.1) is 24.0 Å². The van der Waals surface area contributed by atoms with Crippen LogP contribution in [0.25, 0.3) is 0 Å². The predicted molar refractivity (Wildman–Crippen MR) is 106 cm³/mol. The molecule has 1 amide bonds. The Bertz CT molecular complexity index is 1070. The van der Waals surface area contributed by atoms with Crippen LogP contribution < -0.4 is 0 Å². The molecule has 3 heterocycles. The van der Waals surface area contributed by atoms with Gasteiger partial charge in [0, 0.05) is 38.9 Å². The summed E-state index contributed by atoms with van der Waals surface area (Å²) >= 11 is 0. The van der Waals surface area contributed by atoms with Gasteiger partial charge in [0.2, 0.25) is 15.9 Å². The largest absolute Gasteiger partial charge is 0.390 e. The number of nitro groups is 1. The summed E-state index contributed by atoms with van der Waals surface area (Å²) in [7, 11) is -3.70. The van der Waals surface area contributed by atoms with Gasteiger partial charge in [0.15, 0.2) is 0 Å². The van der Waals surface area contributed by atoms with Crippen LogP contribution in [-0.2, 0) is 21.4 Å². The molecular formula is C17H25N7O5S. The van der Waals surface area contributed by atoms with Crippen molar-refractivity contribution in [2.45, 2.75) is 45.2 Å². The summed E-state index contributed by atoms with van der Waals surface area (Å²) in [6.45, 7) is 8.16. The number of carbonyl (C=O) groups is 1. The third kappa shape index (κ3) is 3.94. The van der Waals surface area contributed by atoms with Crippen molar-refractivity contribution in [2.24, 2.45) is 0 Å². The Labute approximate surface area is 174 Å². The predicted octanol–water partition coefficient (Wildman–Crippen LogP) is 0.719. The molecule has 0 aromatic carbocycles. The standard InChI is InChI=1S/C17H25N7O5S/c1-5-21-11-15(13(3)18-21)30(28,29)22-8-6-20(7-9-22)17(25)14(4)23-12(2)10-16(19-23)24(26)27/h10-11,14H,5-9H2,1-4H3. The zero-order valence-electron chi connectivity index (χ0n) is 17.3. The second-order valence-electron chi connectivity index (χ2n) is 7.19. The first kappa shape index (κ1) is 21.9. The third-order valence-electron chi connectivity index (χ3n) is 5.21. The van der Waals surface area contributed by atoms with Crippen molar-refractivity contribution in [1.29, 1.82) is 0 Å². The normalized spacial score (nSPS) is 16.6. The molecule has 1 aliphatic rings. The number of carbonyl (C=O) groups excluding carboxylic acids is 1. The van der Waals surface area contributed by atoms with Crippen LogP contribution in [-0.4, -0.2) is 74.2 Å². The number of sulfonamides is 1. The minimum atomic E-state index is -3.70. The van der Waals surface area contributed by atoms with Gasteiger partial charge in [0.25, 0.3) is 0 Å². The van der Waals surface area contributed by atoms with E-state index in [0.29, 0.717) is 17.9 Å². The van der Waals surface area contributed by atoms with Crippen LogP contribution in [0.4, 0.5) is 5.82 Å². The molecule has 1 unspecified atom stereocenters. The molecule has 0 aliphatic carbocycles. The molecule has 12 nitrogen and oxygen atoms in total. The molecule has 1 saturated heterocycles. The Morgan fingerprint density at radius 1 is 1.23 bits per heavy atom. The number of hydrogen-bond acceptors (Lipinski definition) is 7. The van der Waals surface area contributed by atoms with Gasteiger partial charge in [-0.3, -0.25) is 9.48 Å². The fourth-order valence-electron chi connectivity index (χ4n) is 3.52. The van der Waals surface area contributed by atoms with Crippen LogP contribution in [0.2, 0.25) is 0 Å². The topological polar surface area (TPSA) is 136 Å². The van der Waals surface area contributed by atoms with E-state index < -0.39 is 21.0 Å². The quantitative estimate of drug-likeness (QED) is 0.478. The van der Waals surface area contributed by atoms with Crippen LogP contribution in [0.1, 0.15) is 31.3 Å². The van der Waals surface area contributed by atoms with E-state index in [0.717, 1.165) is 0 Å². The van der Waals surface area contributed by atoms with Gasteiger partial charge in [0.05, 0.1) is 22.6 Å². The monoisotopic (exact) mass is 439 g/mol. The van der Waals surface area contributed by atoms with Crippen LogP contribution in [0.5, 0.6) is 0 Å². The number of rotatable bonds is 6. The van der Waals surface area contributed by atoms with E-state index in [2.05, 4.69) is 10.2 Å². The van der Waals surface area contributed by atoms with Crippen molar-refractivity contribution >= 4 is 21.7 Å². The number of nitrogens with zero attached hydrogens (tertiary/aromatic N) is 7. The molecule has 0 bridgehead atoms. The molecule has 2 aromatic heterocycles. The molecule has 1 aliphatic heterocycles. The second-order valence-corrected chi connectivity index (χ2v) is 9.09. The smallest absolute Gasteiger partial charge is 0.358 e. The Morgan fingerprint density at radius 2 is 1.87 bits per heavy atom. The number of aromatic nitrogens is 4. The van der Waals surface area contributed by atoms with Gasteiger partial charge in [-0.05, 0) is 32.6 Å². The van der Waals surface area contributed by atoms with Crippen LogP contribution >= 0.6 is 0 Å². The lowest BCUT2D eigenvalue weighted by Gasteiger charge is -2.34. The molecule has 0 radical (unpaired) electrons. The van der Waals surface area contributed by atoms with Gasteiger partial charge in [-0.2, -0.15) is 14.1 Å². The summed E-state index contributed by atoms with van der Waals surface area (Å²) in [5, 5.41) is 19.0. The molecule has 0 N–H and O–H groups in total. The van der Waals surface area contributed by atoms with E-state index in [1.807, 2.05) is 6.92 Å². The molecule has 13 heteroatoms. The Hall–Kier alpha value is -2.80. The van der Waals surface area contributed by atoms with Gasteiger partial charge < -0.3 is 15.0 Å². The number of hydrogen-bond donors (Lipinski definition) is 0. The average molecular weight is 439 g/mol. The lowest BCUT2D eigenvalue weighted by molar-refractivity contribution is -0.389. The van der Waals surface area contributed by atoms with Gasteiger partial charge >= 0.3 is 5.82 Å². The Kier molecular flexibility index (Phi) is 5.94. The molecule has 164 valence electrons. The van der Waals surface area contributed by atoms with E-state index in [9.17, 15) is 23.3 Å². The molecule has 30 heavy (non-hydrogen) atoms. The fourth-order valence-corrected chi connectivity index (χ4v) is 5.12. The first-order chi connectivity index (χ1) is 14.1. The molecule has 0 saturated carbocycles. The summed E-state index contributed by atoms with van der Waals surface area (Å²) in [6, 6.07) is 0.583. The van der Waals surface area contributed by atoms with E-state index in [1.54, 1.807) is 30.4 Å². The van der Waals surface area contributed by atoms with Crippen molar-refractivity contribution in [3.8, 4) is 0 Å². The van der Waals surface area contributed by atoms with Gasteiger partial charge in [-0.1, -0.05) is 0 Å². The highest BCUT2D eigenvalue weighted by Gasteiger charge is 2.35. The average Bonchev–Trinajstić information content (AvgIpc) is 3.30. The second kappa shape index (κ2) is 8.14. The summed E-state index contributed by atoms with van der Waals surface area (Å²) < 4.78 is 30.2. The Balaban J connectivity index is 1.69. The maximum atomic E-state index is 13.0. The molecule has 1 fully saturated rings. The van der Waals surface area contributed by atoms with Crippen molar-refractivity contribution in [3.63, 3.8) is 0 Å². The molecular weight excluding hydrogens is 414 g/mol. The highest BCUT2D eigenvalue weighted by molar-refractivity contribution is 7.89. The van der Waals surface area contributed by atoms with Gasteiger partial charge in [0.1, 0.15) is 10.9 Å². The lowest BCUT2D eigenvalue weighted by Crippen LogP contribution is -2.51. The summed E-state index contributed by atoms with van der Waals surface area (Å²) in [4.78, 5) is 24.9. The zero-order chi connectivity index (χ0) is 22.2. The molecule has 2 aromatic rings. The maximum Gasteiger partial charge on any atom is 0.390 e.